The number of rotatable bonds is 2. The third kappa shape index (κ3) is 3.95. The van der Waals surface area contributed by atoms with Crippen molar-refractivity contribution in [2.24, 2.45) is 0 Å². The summed E-state index contributed by atoms with van der Waals surface area (Å²) in [6.07, 6.45) is -9.66. The van der Waals surface area contributed by atoms with E-state index >= 15 is 0 Å². The van der Waals surface area contributed by atoms with Gasteiger partial charge in [-0.25, -0.2) is 19.7 Å². The van der Waals surface area contributed by atoms with E-state index in [2.05, 4.69) is 15.0 Å². The van der Waals surface area contributed by atoms with Gasteiger partial charge in [0.2, 0.25) is 5.82 Å². The summed E-state index contributed by atoms with van der Waals surface area (Å²) in [5, 5.41) is 8.87. The predicted octanol–water partition coefficient (Wildman–Crippen LogP) is 3.69. The van der Waals surface area contributed by atoms with Crippen LogP contribution in [0.4, 0.5) is 37.0 Å². The van der Waals surface area contributed by atoms with Gasteiger partial charge in [-0.3, -0.25) is 4.90 Å². The molecule has 0 atom stereocenters. The molecular weight excluding hydrogens is 358 g/mol. The molecule has 0 fully saturated rings. The molecular formula is C13H8F6N4O2. The zero-order valence-electron chi connectivity index (χ0n) is 12.2. The number of alkyl halides is 6. The maximum atomic E-state index is 13.1. The van der Waals surface area contributed by atoms with Gasteiger partial charge in [0.25, 0.3) is 0 Å². The van der Waals surface area contributed by atoms with E-state index in [0.717, 1.165) is 13.1 Å². The van der Waals surface area contributed by atoms with Crippen molar-refractivity contribution >= 4 is 11.9 Å². The highest BCUT2D eigenvalue weighted by Gasteiger charge is 2.36. The molecule has 0 aliphatic carbocycles. The number of anilines is 1. The minimum atomic E-state index is -4.87. The van der Waals surface area contributed by atoms with Crippen molar-refractivity contribution in [3.8, 4) is 11.1 Å². The van der Waals surface area contributed by atoms with Gasteiger partial charge < -0.3 is 5.11 Å². The van der Waals surface area contributed by atoms with Crippen LogP contribution in [0.5, 0.6) is 0 Å². The first-order chi connectivity index (χ1) is 11.4. The number of amides is 1. The molecule has 2 aromatic rings. The Balaban J connectivity index is 2.60. The van der Waals surface area contributed by atoms with E-state index in [1.165, 1.54) is 0 Å². The highest BCUT2D eigenvalue weighted by molar-refractivity contribution is 5.85. The van der Waals surface area contributed by atoms with Crippen molar-refractivity contribution in [1.29, 1.82) is 0 Å². The van der Waals surface area contributed by atoms with Crippen molar-refractivity contribution in [3.05, 3.63) is 36.0 Å². The maximum Gasteiger partial charge on any atom is 0.451 e. The highest BCUT2D eigenvalue weighted by Crippen LogP contribution is 2.38. The molecule has 0 bridgehead atoms. The fourth-order valence-electron chi connectivity index (χ4n) is 1.80. The van der Waals surface area contributed by atoms with E-state index in [0.29, 0.717) is 23.5 Å². The maximum absolute atomic E-state index is 13.1. The Bertz CT molecular complexity index is 789. The lowest BCUT2D eigenvalue weighted by Gasteiger charge is -2.17. The van der Waals surface area contributed by atoms with Crippen LogP contribution in [-0.4, -0.2) is 33.2 Å². The predicted molar refractivity (Wildman–Crippen MR) is 71.7 cm³/mol. The number of halogens is 6. The molecule has 1 N–H and O–H groups in total. The van der Waals surface area contributed by atoms with Gasteiger partial charge in [-0.05, 0) is 6.07 Å². The average Bonchev–Trinajstić information content (AvgIpc) is 2.52. The molecule has 0 aromatic carbocycles. The average molecular weight is 366 g/mol. The third-order valence-corrected chi connectivity index (χ3v) is 3.04. The first-order valence-corrected chi connectivity index (χ1v) is 6.34. The van der Waals surface area contributed by atoms with Gasteiger partial charge in [-0.15, -0.1) is 0 Å². The van der Waals surface area contributed by atoms with Crippen molar-refractivity contribution < 1.29 is 36.2 Å². The van der Waals surface area contributed by atoms with E-state index in [9.17, 15) is 31.1 Å². The Morgan fingerprint density at radius 1 is 1.00 bits per heavy atom. The Morgan fingerprint density at radius 2 is 1.56 bits per heavy atom. The molecule has 25 heavy (non-hydrogen) atoms. The summed E-state index contributed by atoms with van der Waals surface area (Å²) < 4.78 is 76.7. The van der Waals surface area contributed by atoms with Crippen LogP contribution in [-0.2, 0) is 12.4 Å². The van der Waals surface area contributed by atoms with Crippen molar-refractivity contribution in [2.45, 2.75) is 12.4 Å². The van der Waals surface area contributed by atoms with Gasteiger partial charge in [-0.2, -0.15) is 26.3 Å². The summed E-state index contributed by atoms with van der Waals surface area (Å²) in [6, 6.07) is 0.781. The lowest BCUT2D eigenvalue weighted by Crippen LogP contribution is -2.25. The van der Waals surface area contributed by atoms with Crippen molar-refractivity contribution in [1.82, 2.24) is 15.0 Å². The van der Waals surface area contributed by atoms with Crippen LogP contribution in [0.2, 0.25) is 0 Å². The first-order valence-electron chi connectivity index (χ1n) is 6.34. The van der Waals surface area contributed by atoms with Gasteiger partial charge in [0, 0.05) is 36.8 Å². The van der Waals surface area contributed by atoms with E-state index in [1.807, 2.05) is 0 Å². The Morgan fingerprint density at radius 3 is 2.00 bits per heavy atom. The standard InChI is InChI=1S/C13H8F6N4O2/c1-23(11(24)25)9-2-7(8(5-20-9)12(14,15)16)6-3-21-10(22-4-6)13(17,18)19/h2-5H,1H3,(H,24,25). The summed E-state index contributed by atoms with van der Waals surface area (Å²) in [5.41, 5.74) is -2.24. The van der Waals surface area contributed by atoms with E-state index in [4.69, 9.17) is 5.11 Å². The second-order valence-corrected chi connectivity index (χ2v) is 4.72. The Labute approximate surface area is 135 Å². The molecule has 0 saturated heterocycles. The Hall–Kier alpha value is -2.92. The molecule has 0 unspecified atom stereocenters. The SMILES string of the molecule is CN(C(=O)O)c1cc(-c2cnc(C(F)(F)F)nc2)c(C(F)(F)F)cn1. The quantitative estimate of drug-likeness (QED) is 0.820. The molecule has 2 heterocycles. The number of aromatic nitrogens is 3. The van der Waals surface area contributed by atoms with Gasteiger partial charge >= 0.3 is 18.4 Å². The normalized spacial score (nSPS) is 12.1. The monoisotopic (exact) mass is 366 g/mol. The van der Waals surface area contributed by atoms with E-state index < -0.39 is 35.4 Å². The molecule has 0 spiro atoms. The molecule has 1 amide bonds. The smallest absolute Gasteiger partial charge is 0.451 e. The largest absolute Gasteiger partial charge is 0.465 e. The molecule has 12 heteroatoms. The molecule has 2 aromatic heterocycles. The molecule has 0 radical (unpaired) electrons. The van der Waals surface area contributed by atoms with Crippen LogP contribution in [0.1, 0.15) is 11.4 Å². The number of carboxylic acid groups (broad SMARTS) is 1. The first kappa shape index (κ1) is 18.4. The van der Waals surface area contributed by atoms with Crippen LogP contribution in [0.3, 0.4) is 0 Å². The minimum Gasteiger partial charge on any atom is -0.465 e. The van der Waals surface area contributed by atoms with Crippen LogP contribution in [0, 0.1) is 0 Å². The van der Waals surface area contributed by atoms with Crippen LogP contribution < -0.4 is 4.90 Å². The molecule has 0 aliphatic heterocycles. The van der Waals surface area contributed by atoms with Crippen LogP contribution in [0.15, 0.2) is 24.7 Å². The second kappa shape index (κ2) is 6.18. The lowest BCUT2D eigenvalue weighted by atomic mass is 10.0. The van der Waals surface area contributed by atoms with Crippen molar-refractivity contribution in [3.63, 3.8) is 0 Å². The summed E-state index contributed by atoms with van der Waals surface area (Å²) >= 11 is 0. The number of hydrogen-bond acceptors (Lipinski definition) is 4. The summed E-state index contributed by atoms with van der Waals surface area (Å²) in [6.45, 7) is 0. The highest BCUT2D eigenvalue weighted by atomic mass is 19.4. The summed E-state index contributed by atoms with van der Waals surface area (Å²) in [7, 11) is 1.05. The van der Waals surface area contributed by atoms with Crippen molar-refractivity contribution in [2.75, 3.05) is 11.9 Å². The number of hydrogen-bond donors (Lipinski definition) is 1. The molecule has 0 saturated carbocycles. The van der Waals surface area contributed by atoms with Gasteiger partial charge in [0.1, 0.15) is 5.82 Å². The molecule has 134 valence electrons. The summed E-state index contributed by atoms with van der Waals surface area (Å²) in [5.74, 6) is -1.86. The van der Waals surface area contributed by atoms with Crippen LogP contribution in [0.25, 0.3) is 11.1 Å². The van der Waals surface area contributed by atoms with Gasteiger partial charge in [0.05, 0.1) is 5.56 Å². The molecule has 0 aliphatic rings. The van der Waals surface area contributed by atoms with Gasteiger partial charge in [-0.1, -0.05) is 0 Å². The van der Waals surface area contributed by atoms with Crippen LogP contribution >= 0.6 is 0 Å². The number of carbonyl (C=O) groups is 1. The zero-order chi connectivity index (χ0) is 19.0. The minimum absolute atomic E-state index is 0.351. The molecule has 6 nitrogen and oxygen atoms in total. The fourth-order valence-corrected chi connectivity index (χ4v) is 1.80. The topological polar surface area (TPSA) is 79.2 Å². The lowest BCUT2D eigenvalue weighted by molar-refractivity contribution is -0.145. The molecule has 2 rings (SSSR count). The Kier molecular flexibility index (Phi) is 4.55. The third-order valence-electron chi connectivity index (χ3n) is 3.04. The second-order valence-electron chi connectivity index (χ2n) is 4.72. The van der Waals surface area contributed by atoms with Gasteiger partial charge in [0.15, 0.2) is 0 Å². The number of pyridine rings is 1. The number of nitrogens with zero attached hydrogens (tertiary/aromatic N) is 4. The van der Waals surface area contributed by atoms with E-state index in [1.54, 1.807) is 0 Å². The zero-order valence-corrected chi connectivity index (χ0v) is 12.2. The van der Waals surface area contributed by atoms with E-state index in [-0.39, 0.29) is 11.4 Å². The summed E-state index contributed by atoms with van der Waals surface area (Å²) in [4.78, 5) is 20.9. The fraction of sp³-hybridized carbons (Fsp3) is 0.231.